The molecule has 0 unspecified atom stereocenters. The van der Waals surface area contributed by atoms with Crippen LogP contribution in [0, 0.1) is 5.92 Å². The van der Waals surface area contributed by atoms with Gasteiger partial charge in [0.05, 0.1) is 0 Å². The molecule has 1 aromatic carbocycles. The van der Waals surface area contributed by atoms with Crippen molar-refractivity contribution in [2.45, 2.75) is 38.1 Å². The lowest BCUT2D eigenvalue weighted by atomic mass is 9.83. The molecule has 2 atom stereocenters. The topological polar surface area (TPSA) is 24.9 Å². The van der Waals surface area contributed by atoms with E-state index in [1.165, 1.54) is 37.9 Å². The Kier molecular flexibility index (Phi) is 6.06. The van der Waals surface area contributed by atoms with Gasteiger partial charge in [0.25, 0.3) is 0 Å². The fraction of sp³-hybridized carbons (Fsp3) is 0.684. The van der Waals surface area contributed by atoms with E-state index in [4.69, 9.17) is 9.47 Å². The molecule has 3 rings (SSSR count). The van der Waals surface area contributed by atoms with Crippen molar-refractivity contribution in [3.8, 4) is 0 Å². The number of ether oxygens (including phenoxy) is 2. The second kappa shape index (κ2) is 8.25. The summed E-state index contributed by atoms with van der Waals surface area (Å²) in [7, 11) is 3.45. The first-order chi connectivity index (χ1) is 11.3. The van der Waals surface area contributed by atoms with E-state index in [1.807, 2.05) is 0 Å². The predicted octanol–water partition coefficient (Wildman–Crippen LogP) is 2.59. The molecule has 2 heterocycles. The molecule has 4 nitrogen and oxygen atoms in total. The van der Waals surface area contributed by atoms with Crippen LogP contribution in [0.3, 0.4) is 0 Å². The lowest BCUT2D eigenvalue weighted by Crippen LogP contribution is -2.54. The van der Waals surface area contributed by atoms with Gasteiger partial charge >= 0.3 is 0 Å². The second-order valence-electron chi connectivity index (χ2n) is 6.87. The van der Waals surface area contributed by atoms with E-state index in [0.717, 1.165) is 31.6 Å². The molecule has 2 aliphatic rings. The van der Waals surface area contributed by atoms with Crippen LogP contribution in [0.1, 0.15) is 24.8 Å². The van der Waals surface area contributed by atoms with Gasteiger partial charge < -0.3 is 9.47 Å². The number of nitrogens with zero attached hydrogens (tertiary/aromatic N) is 2. The first kappa shape index (κ1) is 16.9. The number of piperidine rings is 2. The minimum Gasteiger partial charge on any atom is -0.355 e. The normalized spacial score (nSPS) is 26.4. The molecule has 2 aliphatic heterocycles. The zero-order valence-electron chi connectivity index (χ0n) is 14.5. The van der Waals surface area contributed by atoms with Crippen molar-refractivity contribution < 1.29 is 9.47 Å². The highest BCUT2D eigenvalue weighted by Crippen LogP contribution is 2.31. The van der Waals surface area contributed by atoms with Crippen LogP contribution >= 0.6 is 0 Å². The molecule has 4 heteroatoms. The van der Waals surface area contributed by atoms with Gasteiger partial charge in [0.1, 0.15) is 0 Å². The quantitative estimate of drug-likeness (QED) is 0.753. The summed E-state index contributed by atoms with van der Waals surface area (Å²) in [6.07, 6.45) is 3.84. The van der Waals surface area contributed by atoms with Gasteiger partial charge in [-0.1, -0.05) is 30.3 Å². The van der Waals surface area contributed by atoms with Gasteiger partial charge in [0.2, 0.25) is 0 Å². The summed E-state index contributed by atoms with van der Waals surface area (Å²) in [6, 6.07) is 11.6. The van der Waals surface area contributed by atoms with E-state index in [1.54, 1.807) is 14.2 Å². The third-order valence-electron chi connectivity index (χ3n) is 5.43. The first-order valence-electron chi connectivity index (χ1n) is 8.86. The molecule has 0 aromatic heterocycles. The number of hydrogen-bond donors (Lipinski definition) is 0. The molecule has 0 N–H and O–H groups in total. The van der Waals surface area contributed by atoms with Gasteiger partial charge in [-0.15, -0.1) is 0 Å². The molecule has 0 radical (unpaired) electrons. The summed E-state index contributed by atoms with van der Waals surface area (Å²) >= 11 is 0. The average molecular weight is 318 g/mol. The van der Waals surface area contributed by atoms with Crippen LogP contribution in [0.25, 0.3) is 0 Å². The Morgan fingerprint density at radius 1 is 1.09 bits per heavy atom. The van der Waals surface area contributed by atoms with Crippen molar-refractivity contribution in [2.75, 3.05) is 40.4 Å². The van der Waals surface area contributed by atoms with Crippen LogP contribution in [0.2, 0.25) is 0 Å². The number of methoxy groups -OCH3 is 2. The highest BCUT2D eigenvalue weighted by molar-refractivity contribution is 5.15. The SMILES string of the molecule is COC(CN1CC[C@H]2[C@@H](CCCN2Cc2ccccc2)C1)OC. The maximum absolute atomic E-state index is 5.36. The Hall–Kier alpha value is -0.940. The van der Waals surface area contributed by atoms with E-state index in [9.17, 15) is 0 Å². The summed E-state index contributed by atoms with van der Waals surface area (Å²) in [5.74, 6) is 0.788. The number of hydrogen-bond acceptors (Lipinski definition) is 4. The van der Waals surface area contributed by atoms with Crippen molar-refractivity contribution in [1.82, 2.24) is 9.80 Å². The lowest BCUT2D eigenvalue weighted by molar-refractivity contribution is -0.123. The fourth-order valence-corrected chi connectivity index (χ4v) is 4.22. The summed E-state index contributed by atoms with van der Waals surface area (Å²) in [5.41, 5.74) is 1.44. The van der Waals surface area contributed by atoms with Crippen LogP contribution in [-0.4, -0.2) is 62.5 Å². The second-order valence-corrected chi connectivity index (χ2v) is 6.87. The summed E-state index contributed by atoms with van der Waals surface area (Å²) < 4.78 is 10.7. The standard InChI is InChI=1S/C19H30N2O2/c1-22-19(23-2)15-20-12-10-18-17(14-20)9-6-11-21(18)13-16-7-4-3-5-8-16/h3-5,7-8,17-19H,6,9-15H2,1-2H3/t17-,18-/m0/s1. The predicted molar refractivity (Wildman–Crippen MR) is 92.2 cm³/mol. The van der Waals surface area contributed by atoms with Crippen molar-refractivity contribution in [3.05, 3.63) is 35.9 Å². The summed E-state index contributed by atoms with van der Waals surface area (Å²) in [4.78, 5) is 5.23. The molecule has 1 aromatic rings. The third kappa shape index (κ3) is 4.32. The Morgan fingerprint density at radius 2 is 1.87 bits per heavy atom. The maximum atomic E-state index is 5.36. The lowest BCUT2D eigenvalue weighted by Gasteiger charge is -2.47. The van der Waals surface area contributed by atoms with Gasteiger partial charge in [-0.3, -0.25) is 9.80 Å². The van der Waals surface area contributed by atoms with Crippen LogP contribution in [0.5, 0.6) is 0 Å². The van der Waals surface area contributed by atoms with E-state index in [2.05, 4.69) is 40.1 Å². The molecule has 23 heavy (non-hydrogen) atoms. The Labute approximate surface area is 140 Å². The van der Waals surface area contributed by atoms with Crippen molar-refractivity contribution in [2.24, 2.45) is 5.92 Å². The maximum Gasteiger partial charge on any atom is 0.169 e. The Balaban J connectivity index is 1.57. The monoisotopic (exact) mass is 318 g/mol. The molecule has 128 valence electrons. The molecule has 0 bridgehead atoms. The fourth-order valence-electron chi connectivity index (χ4n) is 4.22. The summed E-state index contributed by atoms with van der Waals surface area (Å²) in [5, 5.41) is 0. The zero-order valence-corrected chi connectivity index (χ0v) is 14.5. The first-order valence-corrected chi connectivity index (χ1v) is 8.86. The van der Waals surface area contributed by atoms with Gasteiger partial charge in [0.15, 0.2) is 6.29 Å². The number of fused-ring (bicyclic) bond motifs is 1. The zero-order chi connectivity index (χ0) is 16.1. The number of likely N-dealkylation sites (tertiary alicyclic amines) is 2. The minimum absolute atomic E-state index is 0.101. The minimum atomic E-state index is -0.101. The van der Waals surface area contributed by atoms with Crippen molar-refractivity contribution >= 4 is 0 Å². The van der Waals surface area contributed by atoms with Gasteiger partial charge in [0, 0.05) is 39.9 Å². The average Bonchev–Trinajstić information content (AvgIpc) is 2.60. The summed E-state index contributed by atoms with van der Waals surface area (Å²) in [6.45, 7) is 5.55. The van der Waals surface area contributed by atoms with Crippen LogP contribution in [0.15, 0.2) is 30.3 Å². The van der Waals surface area contributed by atoms with E-state index < -0.39 is 0 Å². The Bertz CT molecular complexity index is 464. The molecule has 0 saturated carbocycles. The van der Waals surface area contributed by atoms with Gasteiger partial charge in [-0.05, 0) is 43.8 Å². The number of benzene rings is 1. The van der Waals surface area contributed by atoms with Gasteiger partial charge in [-0.25, -0.2) is 0 Å². The largest absolute Gasteiger partial charge is 0.355 e. The van der Waals surface area contributed by atoms with Crippen molar-refractivity contribution in [1.29, 1.82) is 0 Å². The van der Waals surface area contributed by atoms with E-state index in [0.29, 0.717) is 0 Å². The van der Waals surface area contributed by atoms with E-state index in [-0.39, 0.29) is 6.29 Å². The highest BCUT2D eigenvalue weighted by atomic mass is 16.7. The Morgan fingerprint density at radius 3 is 2.61 bits per heavy atom. The van der Waals surface area contributed by atoms with E-state index >= 15 is 0 Å². The van der Waals surface area contributed by atoms with Gasteiger partial charge in [-0.2, -0.15) is 0 Å². The van der Waals surface area contributed by atoms with Crippen molar-refractivity contribution in [3.63, 3.8) is 0 Å². The molecule has 0 aliphatic carbocycles. The molecule has 0 amide bonds. The molecule has 2 saturated heterocycles. The van der Waals surface area contributed by atoms with Crippen LogP contribution < -0.4 is 0 Å². The van der Waals surface area contributed by atoms with Crippen LogP contribution in [-0.2, 0) is 16.0 Å². The number of rotatable bonds is 6. The smallest absolute Gasteiger partial charge is 0.169 e. The third-order valence-corrected chi connectivity index (χ3v) is 5.43. The highest BCUT2D eigenvalue weighted by Gasteiger charge is 2.36. The molecule has 2 fully saturated rings. The molecule has 0 spiro atoms. The molecular weight excluding hydrogens is 288 g/mol. The van der Waals surface area contributed by atoms with Crippen LogP contribution in [0.4, 0.5) is 0 Å². The molecular formula is C19H30N2O2.